The van der Waals surface area contributed by atoms with Gasteiger partial charge in [0.25, 0.3) is 0 Å². The first-order chi connectivity index (χ1) is 38.3. The number of nitrogens with two attached hydrogens (primary N) is 1. The Bertz CT molecular complexity index is 2520. The molecule has 0 aliphatic rings. The van der Waals surface area contributed by atoms with Crippen molar-refractivity contribution in [2.24, 2.45) is 5.73 Å². The van der Waals surface area contributed by atoms with Crippen molar-refractivity contribution in [2.45, 2.75) is 167 Å². The molecule has 14 N–H and O–H groups in total. The van der Waals surface area contributed by atoms with E-state index in [1.807, 2.05) is 54.6 Å². The predicted molar refractivity (Wildman–Crippen MR) is 312 cm³/mol. The van der Waals surface area contributed by atoms with Gasteiger partial charge in [-0.25, -0.2) is 5.43 Å². The van der Waals surface area contributed by atoms with Gasteiger partial charge in [-0.3, -0.25) is 48.6 Å². The smallest absolute Gasteiger partial charge is 0.246 e. The molecule has 22 heteroatoms. The summed E-state index contributed by atoms with van der Waals surface area (Å²) < 4.78 is 0. The van der Waals surface area contributed by atoms with Crippen LogP contribution in [0.2, 0.25) is 0 Å². The molecule has 0 spiro atoms. The Labute approximate surface area is 478 Å². The summed E-state index contributed by atoms with van der Waals surface area (Å²) in [5, 5.41) is 28.8. The van der Waals surface area contributed by atoms with E-state index in [-0.39, 0.29) is 31.7 Å². The summed E-state index contributed by atoms with van der Waals surface area (Å²) in [7, 11) is 0. The minimum atomic E-state index is -1.62. The fourth-order valence-electron chi connectivity index (χ4n) is 8.20. The lowest BCUT2D eigenvalue weighted by molar-refractivity contribution is -0.139. The predicted octanol–water partition coefficient (Wildman–Crippen LogP) is 0.982. The molecule has 0 radical (unpaired) electrons. The highest BCUT2D eigenvalue weighted by atomic mass is 16.2. The standard InChI is InChI=1S/C59H91N13O9/c1-11-58(9,68-49(75)40(3)64-52(78)56(5,6)70-53(79)57(7,8)67-51(77)47(72-71-41(4)73)37-44-29-20-15-21-30-44)54(80)63-39-48(74)66-46(36-43-27-18-14-19-28-43)50(76)69-59(10,12-2)55(81)65-45(35-42-25-16-13-17-26-42)38-62-34-24-33-61-32-23-22-31-60/h13-21,25-30,40,45-47,61-62,72H,11-12,22-24,31-39,60H2,1-10H3,(H,63,80)(H,64,78)(H,65,81)(H,66,74)(H,67,77)(H,68,75)(H,69,76)(H,70,79)(H,71,73)/t40-,45-,46-,47-,58+,59-/m0/s1. The SMILES string of the molecule is CC[C@@](C)(NC(=O)[C@H](C)NC(=O)C(C)(C)NC(=O)C(C)(C)NC(=O)[C@H](Cc1ccccc1)NNC(C)=O)C(=O)NCC(=O)N[C@@H](Cc1ccccc1)C(=O)N[C@@](C)(CC)C(=O)N[C@H](CNCCCNCCCCN)Cc1ccccc1. The van der Waals surface area contributed by atoms with Crippen molar-refractivity contribution < 1.29 is 43.2 Å². The maximum absolute atomic E-state index is 14.3. The molecule has 0 saturated carbocycles. The maximum Gasteiger partial charge on any atom is 0.246 e. The van der Waals surface area contributed by atoms with E-state index in [1.54, 1.807) is 57.2 Å². The van der Waals surface area contributed by atoms with Crippen molar-refractivity contribution in [1.82, 2.24) is 64.0 Å². The highest BCUT2D eigenvalue weighted by Gasteiger charge is 2.41. The summed E-state index contributed by atoms with van der Waals surface area (Å²) in [6.45, 7) is 18.0. The molecule has 9 amide bonds. The number of benzene rings is 3. The van der Waals surface area contributed by atoms with Crippen molar-refractivity contribution in [2.75, 3.05) is 39.3 Å². The molecule has 0 saturated heterocycles. The summed E-state index contributed by atoms with van der Waals surface area (Å²) in [4.78, 5) is 122. The average Bonchev–Trinajstić information content (AvgIpc) is 3.43. The summed E-state index contributed by atoms with van der Waals surface area (Å²) in [6, 6.07) is 24.2. The lowest BCUT2D eigenvalue weighted by Crippen LogP contribution is -2.66. The third kappa shape index (κ3) is 23.8. The third-order valence-corrected chi connectivity index (χ3v) is 13.9. The van der Waals surface area contributed by atoms with E-state index < -0.39 is 100.0 Å². The van der Waals surface area contributed by atoms with Gasteiger partial charge in [0.2, 0.25) is 53.2 Å². The maximum atomic E-state index is 14.3. The molecule has 6 atom stereocenters. The molecule has 0 aliphatic heterocycles. The molecule has 0 aliphatic carbocycles. The van der Waals surface area contributed by atoms with Gasteiger partial charge >= 0.3 is 0 Å². The van der Waals surface area contributed by atoms with Crippen LogP contribution in [0.4, 0.5) is 0 Å². The number of carbonyl (C=O) groups excluding carboxylic acids is 9. The van der Waals surface area contributed by atoms with E-state index in [1.165, 1.54) is 48.5 Å². The van der Waals surface area contributed by atoms with Crippen molar-refractivity contribution in [1.29, 1.82) is 0 Å². The molecule has 22 nitrogen and oxygen atoms in total. The normalized spacial score (nSPS) is 14.4. The van der Waals surface area contributed by atoms with Crippen LogP contribution in [0.5, 0.6) is 0 Å². The number of hydrogen-bond acceptors (Lipinski definition) is 13. The van der Waals surface area contributed by atoms with E-state index in [2.05, 4.69) is 64.0 Å². The topological polar surface area (TPSA) is 324 Å². The zero-order chi connectivity index (χ0) is 60.2. The molecule has 0 aromatic heterocycles. The molecule has 3 aromatic carbocycles. The molecule has 0 heterocycles. The van der Waals surface area contributed by atoms with Gasteiger partial charge in [-0.15, -0.1) is 0 Å². The molecule has 3 rings (SSSR count). The van der Waals surface area contributed by atoms with Crippen LogP contribution in [-0.2, 0) is 62.4 Å². The van der Waals surface area contributed by atoms with Crippen molar-refractivity contribution in [3.8, 4) is 0 Å². The van der Waals surface area contributed by atoms with Gasteiger partial charge in [0.1, 0.15) is 40.3 Å². The van der Waals surface area contributed by atoms with Crippen LogP contribution in [0.3, 0.4) is 0 Å². The van der Waals surface area contributed by atoms with E-state index in [4.69, 9.17) is 5.73 Å². The fraction of sp³-hybridized carbons (Fsp3) is 0.542. The third-order valence-electron chi connectivity index (χ3n) is 13.9. The van der Waals surface area contributed by atoms with Crippen molar-refractivity contribution in [3.63, 3.8) is 0 Å². The highest BCUT2D eigenvalue weighted by Crippen LogP contribution is 2.16. The minimum Gasteiger partial charge on any atom is -0.350 e. The largest absolute Gasteiger partial charge is 0.350 e. The fourth-order valence-corrected chi connectivity index (χ4v) is 8.20. The van der Waals surface area contributed by atoms with Crippen LogP contribution in [-0.4, -0.2) is 139 Å². The number of carbonyl (C=O) groups is 9. The Morgan fingerprint density at radius 3 is 1.53 bits per heavy atom. The van der Waals surface area contributed by atoms with Gasteiger partial charge < -0.3 is 58.9 Å². The first-order valence-electron chi connectivity index (χ1n) is 28.0. The van der Waals surface area contributed by atoms with Gasteiger partial charge in [0.05, 0.1) is 6.54 Å². The van der Waals surface area contributed by atoms with Gasteiger partial charge in [-0.2, -0.15) is 0 Å². The van der Waals surface area contributed by atoms with Crippen LogP contribution in [0.25, 0.3) is 0 Å². The summed E-state index contributed by atoms with van der Waals surface area (Å²) in [6.07, 6.45) is 3.96. The van der Waals surface area contributed by atoms with Crippen molar-refractivity contribution in [3.05, 3.63) is 108 Å². The van der Waals surface area contributed by atoms with E-state index in [0.717, 1.165) is 55.6 Å². The zero-order valence-electron chi connectivity index (χ0n) is 49.1. The molecular weight excluding hydrogens is 1030 g/mol. The first-order valence-corrected chi connectivity index (χ1v) is 28.0. The number of rotatable bonds is 36. The van der Waals surface area contributed by atoms with E-state index in [0.29, 0.717) is 19.5 Å². The van der Waals surface area contributed by atoms with Gasteiger partial charge in [-0.1, -0.05) is 105 Å². The molecular formula is C59H91N13O9. The molecule has 81 heavy (non-hydrogen) atoms. The summed E-state index contributed by atoms with van der Waals surface area (Å²) in [5.41, 5.74) is 7.13. The van der Waals surface area contributed by atoms with E-state index >= 15 is 0 Å². The number of hydrogen-bond donors (Lipinski definition) is 13. The molecule has 0 fully saturated rings. The molecule has 0 bridgehead atoms. The first kappa shape index (κ1) is 68.0. The van der Waals surface area contributed by atoms with Gasteiger partial charge in [-0.05, 0) is 136 Å². The summed E-state index contributed by atoms with van der Waals surface area (Å²) in [5.74, 6) is -5.71. The van der Waals surface area contributed by atoms with Gasteiger partial charge in [0, 0.05) is 25.9 Å². The Kier molecular flexibility index (Phi) is 28.1. The number of hydrazine groups is 1. The van der Waals surface area contributed by atoms with Crippen LogP contribution in [0, 0.1) is 0 Å². The minimum absolute atomic E-state index is 0.0613. The second-order valence-corrected chi connectivity index (χ2v) is 22.0. The zero-order valence-corrected chi connectivity index (χ0v) is 49.1. The summed E-state index contributed by atoms with van der Waals surface area (Å²) >= 11 is 0. The Morgan fingerprint density at radius 2 is 0.988 bits per heavy atom. The number of amides is 9. The van der Waals surface area contributed by atoms with Gasteiger partial charge in [0.15, 0.2) is 0 Å². The van der Waals surface area contributed by atoms with E-state index in [9.17, 15) is 43.2 Å². The molecule has 446 valence electrons. The molecule has 3 aromatic rings. The Hall–Kier alpha value is -7.27. The van der Waals surface area contributed by atoms with Crippen LogP contribution < -0.4 is 69.8 Å². The number of unbranched alkanes of at least 4 members (excludes halogenated alkanes) is 1. The second kappa shape index (κ2) is 33.5. The van der Waals surface area contributed by atoms with Crippen LogP contribution in [0.1, 0.15) is 118 Å². The lowest BCUT2D eigenvalue weighted by atomic mass is 9.94. The molecule has 0 unspecified atom stereocenters. The van der Waals surface area contributed by atoms with Crippen LogP contribution >= 0.6 is 0 Å². The van der Waals surface area contributed by atoms with Crippen LogP contribution in [0.15, 0.2) is 91.0 Å². The monoisotopic (exact) mass is 1130 g/mol. The quantitative estimate of drug-likeness (QED) is 0.0286. The van der Waals surface area contributed by atoms with Crippen molar-refractivity contribution >= 4 is 53.2 Å². The lowest BCUT2D eigenvalue weighted by Gasteiger charge is -2.34. The average molecular weight is 1130 g/mol. The second-order valence-electron chi connectivity index (χ2n) is 22.0. The number of nitrogens with one attached hydrogen (secondary N) is 12. The Morgan fingerprint density at radius 1 is 0.506 bits per heavy atom. The highest BCUT2D eigenvalue weighted by molar-refractivity contribution is 6.00. The Balaban J connectivity index is 1.63.